The summed E-state index contributed by atoms with van der Waals surface area (Å²) in [5.41, 5.74) is 8.26. The minimum atomic E-state index is 0.453. The van der Waals surface area contributed by atoms with E-state index in [1.807, 2.05) is 19.1 Å². The van der Waals surface area contributed by atoms with Crippen molar-refractivity contribution >= 4 is 35.0 Å². The summed E-state index contributed by atoms with van der Waals surface area (Å²) in [6.07, 6.45) is 2.29. The molecule has 1 aliphatic rings. The summed E-state index contributed by atoms with van der Waals surface area (Å²) in [5, 5.41) is 4.23. The number of nitrogen functional groups attached to an aromatic ring is 1. The van der Waals surface area contributed by atoms with Crippen LogP contribution in [0.2, 0.25) is 10.0 Å². The number of nitrogens with one attached hydrogen (secondary N) is 1. The van der Waals surface area contributed by atoms with Crippen molar-refractivity contribution in [2.75, 3.05) is 11.1 Å². The molecule has 2 aromatic rings. The minimum absolute atomic E-state index is 0.453. The van der Waals surface area contributed by atoms with Gasteiger partial charge in [-0.3, -0.25) is 0 Å². The Kier molecular flexibility index (Phi) is 3.44. The quantitative estimate of drug-likeness (QED) is 0.902. The average molecular weight is 309 g/mol. The van der Waals surface area contributed by atoms with Crippen molar-refractivity contribution in [2.24, 2.45) is 0 Å². The molecule has 0 bridgehead atoms. The first-order valence-corrected chi connectivity index (χ1v) is 7.17. The van der Waals surface area contributed by atoms with Gasteiger partial charge in [0.1, 0.15) is 5.82 Å². The molecule has 1 fully saturated rings. The zero-order valence-electron chi connectivity index (χ0n) is 11.0. The lowest BCUT2D eigenvalue weighted by Crippen LogP contribution is -2.09. The Morgan fingerprint density at radius 1 is 1.25 bits per heavy atom. The molecular weight excluding hydrogens is 295 g/mol. The van der Waals surface area contributed by atoms with E-state index in [9.17, 15) is 0 Å². The molecular formula is C14H14Cl2N4. The average Bonchev–Trinajstić information content (AvgIpc) is 3.21. The lowest BCUT2D eigenvalue weighted by atomic mass is 10.1. The van der Waals surface area contributed by atoms with Crippen LogP contribution in [0.5, 0.6) is 0 Å². The number of aromatic nitrogens is 2. The van der Waals surface area contributed by atoms with Crippen LogP contribution in [0.4, 0.5) is 11.8 Å². The van der Waals surface area contributed by atoms with Crippen molar-refractivity contribution in [1.29, 1.82) is 0 Å². The number of halogens is 2. The van der Waals surface area contributed by atoms with E-state index in [-0.39, 0.29) is 0 Å². The third-order valence-electron chi connectivity index (χ3n) is 3.30. The molecule has 104 valence electrons. The Balaban J connectivity index is 2.11. The molecule has 1 heterocycles. The van der Waals surface area contributed by atoms with Crippen LogP contribution in [0.3, 0.4) is 0 Å². The zero-order chi connectivity index (χ0) is 14.3. The number of benzene rings is 1. The van der Waals surface area contributed by atoms with Gasteiger partial charge in [-0.1, -0.05) is 35.3 Å². The van der Waals surface area contributed by atoms with Crippen LogP contribution < -0.4 is 11.1 Å². The summed E-state index contributed by atoms with van der Waals surface area (Å²) in [5.74, 6) is 0.996. The molecule has 3 N–H and O–H groups in total. The Bertz CT molecular complexity index is 668. The van der Waals surface area contributed by atoms with Crippen LogP contribution in [0.1, 0.15) is 18.4 Å². The number of anilines is 2. The van der Waals surface area contributed by atoms with Gasteiger partial charge in [-0.2, -0.15) is 4.98 Å². The third kappa shape index (κ3) is 2.53. The van der Waals surface area contributed by atoms with Crippen molar-refractivity contribution in [2.45, 2.75) is 25.8 Å². The molecule has 6 heteroatoms. The Morgan fingerprint density at radius 2 is 2.00 bits per heavy atom. The first-order valence-electron chi connectivity index (χ1n) is 6.41. The summed E-state index contributed by atoms with van der Waals surface area (Å²) < 4.78 is 0. The third-order valence-corrected chi connectivity index (χ3v) is 4.12. The molecule has 1 saturated carbocycles. The van der Waals surface area contributed by atoms with E-state index >= 15 is 0 Å². The molecule has 1 aromatic heterocycles. The highest BCUT2D eigenvalue weighted by atomic mass is 35.5. The monoisotopic (exact) mass is 308 g/mol. The lowest BCUT2D eigenvalue weighted by molar-refractivity contribution is 1.05. The Labute approximate surface area is 127 Å². The van der Waals surface area contributed by atoms with Gasteiger partial charge in [0, 0.05) is 17.2 Å². The fraction of sp³-hybridized carbons (Fsp3) is 0.286. The summed E-state index contributed by atoms with van der Waals surface area (Å²) >= 11 is 12.3. The van der Waals surface area contributed by atoms with Crippen molar-refractivity contribution < 1.29 is 0 Å². The highest BCUT2D eigenvalue weighted by Crippen LogP contribution is 2.36. The van der Waals surface area contributed by atoms with Crippen LogP contribution in [-0.4, -0.2) is 16.0 Å². The molecule has 0 unspecified atom stereocenters. The maximum atomic E-state index is 6.27. The second-order valence-electron chi connectivity index (χ2n) is 4.93. The van der Waals surface area contributed by atoms with E-state index in [1.165, 1.54) is 0 Å². The van der Waals surface area contributed by atoms with Gasteiger partial charge in [-0.25, -0.2) is 4.98 Å². The molecule has 1 aliphatic carbocycles. The van der Waals surface area contributed by atoms with Crippen LogP contribution in [-0.2, 0) is 0 Å². The van der Waals surface area contributed by atoms with Gasteiger partial charge >= 0.3 is 0 Å². The van der Waals surface area contributed by atoms with Crippen molar-refractivity contribution in [3.05, 3.63) is 33.8 Å². The van der Waals surface area contributed by atoms with Crippen LogP contribution in [0, 0.1) is 6.92 Å². The highest BCUT2D eigenvalue weighted by Gasteiger charge is 2.23. The smallest absolute Gasteiger partial charge is 0.225 e. The van der Waals surface area contributed by atoms with Crippen LogP contribution in [0.15, 0.2) is 18.2 Å². The van der Waals surface area contributed by atoms with Gasteiger partial charge in [0.15, 0.2) is 0 Å². The number of rotatable bonds is 3. The zero-order valence-corrected chi connectivity index (χ0v) is 12.5. The SMILES string of the molecule is Cc1c(N)nc(NC2CC2)nc1-c1cccc(Cl)c1Cl. The van der Waals surface area contributed by atoms with Gasteiger partial charge in [0.2, 0.25) is 5.95 Å². The lowest BCUT2D eigenvalue weighted by Gasteiger charge is -2.12. The van der Waals surface area contributed by atoms with Crippen LogP contribution >= 0.6 is 23.2 Å². The fourth-order valence-electron chi connectivity index (χ4n) is 1.96. The normalized spacial score (nSPS) is 14.3. The molecule has 0 radical (unpaired) electrons. The standard InChI is InChI=1S/C14H14Cl2N4/c1-7-12(9-3-2-4-10(15)11(9)16)19-14(20-13(7)17)18-8-5-6-8/h2-4,8H,5-6H2,1H3,(H3,17,18,19,20). The Morgan fingerprint density at radius 3 is 2.70 bits per heavy atom. The van der Waals surface area contributed by atoms with Gasteiger partial charge in [-0.15, -0.1) is 0 Å². The predicted molar refractivity (Wildman–Crippen MR) is 83.3 cm³/mol. The second-order valence-corrected chi connectivity index (χ2v) is 5.71. The molecule has 20 heavy (non-hydrogen) atoms. The molecule has 0 spiro atoms. The van der Waals surface area contributed by atoms with E-state index in [0.717, 1.165) is 24.0 Å². The first kappa shape index (κ1) is 13.5. The Hall–Kier alpha value is -1.52. The first-order chi connectivity index (χ1) is 9.56. The number of hydrogen-bond donors (Lipinski definition) is 2. The summed E-state index contributed by atoms with van der Waals surface area (Å²) in [4.78, 5) is 8.81. The summed E-state index contributed by atoms with van der Waals surface area (Å²) in [6.45, 7) is 1.88. The molecule has 1 aromatic carbocycles. The maximum absolute atomic E-state index is 6.27. The highest BCUT2D eigenvalue weighted by molar-refractivity contribution is 6.43. The molecule has 0 amide bonds. The van der Waals surface area contributed by atoms with Gasteiger partial charge < -0.3 is 11.1 Å². The molecule has 0 aliphatic heterocycles. The van der Waals surface area contributed by atoms with Crippen molar-refractivity contribution in [3.8, 4) is 11.3 Å². The molecule has 4 nitrogen and oxygen atoms in total. The summed E-state index contributed by atoms with van der Waals surface area (Å²) in [6, 6.07) is 5.93. The van der Waals surface area contributed by atoms with Crippen molar-refractivity contribution in [1.82, 2.24) is 9.97 Å². The van der Waals surface area contributed by atoms with Gasteiger partial charge in [0.05, 0.1) is 15.7 Å². The predicted octanol–water partition coefficient (Wildman–Crippen LogP) is 3.92. The fourth-order valence-corrected chi connectivity index (χ4v) is 2.35. The maximum Gasteiger partial charge on any atom is 0.225 e. The van der Waals surface area contributed by atoms with E-state index < -0.39 is 0 Å². The van der Waals surface area contributed by atoms with Crippen molar-refractivity contribution in [3.63, 3.8) is 0 Å². The van der Waals surface area contributed by atoms with E-state index in [2.05, 4.69) is 15.3 Å². The topological polar surface area (TPSA) is 63.8 Å². The second kappa shape index (κ2) is 5.11. The van der Waals surface area contributed by atoms with Gasteiger partial charge in [0.25, 0.3) is 0 Å². The number of nitrogens with two attached hydrogens (primary N) is 1. The largest absolute Gasteiger partial charge is 0.383 e. The summed E-state index contributed by atoms with van der Waals surface area (Å²) in [7, 11) is 0. The molecule has 0 atom stereocenters. The number of nitrogens with zero attached hydrogens (tertiary/aromatic N) is 2. The van der Waals surface area contributed by atoms with E-state index in [0.29, 0.717) is 33.5 Å². The molecule has 0 saturated heterocycles. The van der Waals surface area contributed by atoms with E-state index in [4.69, 9.17) is 28.9 Å². The van der Waals surface area contributed by atoms with E-state index in [1.54, 1.807) is 6.07 Å². The van der Waals surface area contributed by atoms with Gasteiger partial charge in [-0.05, 0) is 25.8 Å². The van der Waals surface area contributed by atoms with Crippen LogP contribution in [0.25, 0.3) is 11.3 Å². The molecule has 3 rings (SSSR count). The minimum Gasteiger partial charge on any atom is -0.383 e. The number of hydrogen-bond acceptors (Lipinski definition) is 4.